The second-order valence-corrected chi connectivity index (χ2v) is 7.91. The molecule has 1 aromatic carbocycles. The Morgan fingerprint density at radius 3 is 2.81 bits per heavy atom. The second kappa shape index (κ2) is 9.31. The third kappa shape index (κ3) is 4.18. The molecule has 1 aliphatic heterocycles. The highest BCUT2D eigenvalue weighted by Crippen LogP contribution is 2.39. The summed E-state index contributed by atoms with van der Waals surface area (Å²) in [6, 6.07) is 17.5. The van der Waals surface area contributed by atoms with Crippen molar-refractivity contribution in [3.8, 4) is 5.69 Å². The average Bonchev–Trinajstić information content (AvgIpc) is 3.42. The van der Waals surface area contributed by atoms with Gasteiger partial charge in [-0.3, -0.25) is 4.98 Å². The molecule has 2 unspecified atom stereocenters. The summed E-state index contributed by atoms with van der Waals surface area (Å²) in [6.07, 6.45) is 5.96. The highest BCUT2D eigenvalue weighted by atomic mass is 32.1. The first-order chi connectivity index (χ1) is 15.1. The Morgan fingerprint density at radius 2 is 2.06 bits per heavy atom. The van der Waals surface area contributed by atoms with Crippen LogP contribution < -0.4 is 5.32 Å². The molecule has 7 heteroatoms. The van der Waals surface area contributed by atoms with Crippen LogP contribution in [0.3, 0.4) is 0 Å². The van der Waals surface area contributed by atoms with E-state index in [0.29, 0.717) is 5.56 Å². The molecule has 2 atom stereocenters. The molecule has 0 aliphatic carbocycles. The fourth-order valence-electron chi connectivity index (χ4n) is 4.07. The summed E-state index contributed by atoms with van der Waals surface area (Å²) < 4.78 is 7.01. The summed E-state index contributed by atoms with van der Waals surface area (Å²) in [5.74, 6) is -0.352. The predicted molar refractivity (Wildman–Crippen MR) is 124 cm³/mol. The van der Waals surface area contributed by atoms with Gasteiger partial charge in [-0.1, -0.05) is 25.5 Å². The van der Waals surface area contributed by atoms with Crippen LogP contribution >= 0.6 is 12.2 Å². The molecule has 1 fully saturated rings. The number of unbranched alkanes of at least 4 members (excludes halogenated alkanes) is 1. The van der Waals surface area contributed by atoms with Crippen molar-refractivity contribution in [2.24, 2.45) is 0 Å². The number of nitrogens with zero attached hydrogens (tertiary/aromatic N) is 3. The smallest absolute Gasteiger partial charge is 0.337 e. The minimum atomic E-state index is -0.352. The van der Waals surface area contributed by atoms with Gasteiger partial charge >= 0.3 is 5.97 Å². The van der Waals surface area contributed by atoms with E-state index < -0.39 is 0 Å². The molecule has 0 spiro atoms. The number of aromatic nitrogens is 2. The quantitative estimate of drug-likeness (QED) is 0.438. The topological polar surface area (TPSA) is 59.4 Å². The van der Waals surface area contributed by atoms with E-state index in [4.69, 9.17) is 17.0 Å². The summed E-state index contributed by atoms with van der Waals surface area (Å²) in [4.78, 5) is 18.9. The SMILES string of the molecule is CCCCN1C(=S)NC(c2ccccn2)C1c1cccn1-c1cccc(C(=O)OC)c1. The van der Waals surface area contributed by atoms with E-state index in [9.17, 15) is 4.79 Å². The third-order valence-corrected chi connectivity index (χ3v) is 5.93. The van der Waals surface area contributed by atoms with E-state index in [-0.39, 0.29) is 18.1 Å². The zero-order valence-corrected chi connectivity index (χ0v) is 18.5. The van der Waals surface area contributed by atoms with Crippen molar-refractivity contribution < 1.29 is 9.53 Å². The van der Waals surface area contributed by atoms with Gasteiger partial charge in [0.05, 0.1) is 30.5 Å². The highest BCUT2D eigenvalue weighted by Gasteiger charge is 2.40. The summed E-state index contributed by atoms with van der Waals surface area (Å²) >= 11 is 5.73. The van der Waals surface area contributed by atoms with E-state index in [1.54, 1.807) is 6.07 Å². The summed E-state index contributed by atoms with van der Waals surface area (Å²) in [6.45, 7) is 3.04. The number of pyridine rings is 1. The minimum absolute atomic E-state index is 0.0225. The standard InChI is InChI=1S/C24H26N4O2S/c1-3-4-14-28-22(21(26-24(28)31)19-11-5-6-13-25-19)20-12-8-15-27(20)18-10-7-9-17(16-18)23(29)30-2/h5-13,15-16,21-22H,3-4,14H2,1-2H3,(H,26,31). The van der Waals surface area contributed by atoms with Crippen molar-refractivity contribution in [1.29, 1.82) is 0 Å². The molecule has 3 aromatic rings. The van der Waals surface area contributed by atoms with E-state index in [0.717, 1.165) is 41.6 Å². The molecule has 4 rings (SSSR count). The van der Waals surface area contributed by atoms with Crippen LogP contribution in [0.1, 0.15) is 53.6 Å². The minimum Gasteiger partial charge on any atom is -0.465 e. The highest BCUT2D eigenvalue weighted by molar-refractivity contribution is 7.80. The van der Waals surface area contributed by atoms with Crippen molar-refractivity contribution in [2.75, 3.05) is 13.7 Å². The Morgan fingerprint density at radius 1 is 1.19 bits per heavy atom. The number of nitrogens with one attached hydrogen (secondary N) is 1. The van der Waals surface area contributed by atoms with E-state index in [1.165, 1.54) is 7.11 Å². The van der Waals surface area contributed by atoms with Gasteiger partial charge < -0.3 is 19.5 Å². The second-order valence-electron chi connectivity index (χ2n) is 7.52. The lowest BCUT2D eigenvalue weighted by Crippen LogP contribution is -2.31. The van der Waals surface area contributed by atoms with Crippen LogP contribution in [0.25, 0.3) is 5.69 Å². The van der Waals surface area contributed by atoms with Gasteiger partial charge in [0.2, 0.25) is 0 Å². The molecular weight excluding hydrogens is 408 g/mol. The number of methoxy groups -OCH3 is 1. The molecule has 0 radical (unpaired) electrons. The summed E-state index contributed by atoms with van der Waals surface area (Å²) in [7, 11) is 1.39. The van der Waals surface area contributed by atoms with Gasteiger partial charge in [0.15, 0.2) is 5.11 Å². The summed E-state index contributed by atoms with van der Waals surface area (Å²) in [5.41, 5.74) is 3.45. The molecule has 2 aromatic heterocycles. The number of rotatable bonds is 7. The first-order valence-corrected chi connectivity index (χ1v) is 10.9. The van der Waals surface area contributed by atoms with E-state index >= 15 is 0 Å². The maximum absolute atomic E-state index is 12.1. The van der Waals surface area contributed by atoms with Crippen molar-refractivity contribution in [3.63, 3.8) is 0 Å². The molecule has 1 saturated heterocycles. The number of esters is 1. The van der Waals surface area contributed by atoms with Crippen molar-refractivity contribution >= 4 is 23.3 Å². The zero-order valence-electron chi connectivity index (χ0n) is 17.7. The Hall–Kier alpha value is -3.19. The lowest BCUT2D eigenvalue weighted by molar-refractivity contribution is 0.0600. The Bertz CT molecular complexity index is 1070. The molecule has 1 N–H and O–H groups in total. The van der Waals surface area contributed by atoms with Crippen LogP contribution in [-0.2, 0) is 4.74 Å². The number of hydrogen-bond donors (Lipinski definition) is 1. The van der Waals surface area contributed by atoms with Crippen LogP contribution in [0, 0.1) is 0 Å². The third-order valence-electron chi connectivity index (χ3n) is 5.58. The molecular formula is C24H26N4O2S. The number of hydrogen-bond acceptors (Lipinski definition) is 4. The monoisotopic (exact) mass is 434 g/mol. The molecule has 6 nitrogen and oxygen atoms in total. The number of carbonyl (C=O) groups is 1. The molecule has 3 heterocycles. The van der Waals surface area contributed by atoms with Crippen molar-refractivity contribution in [1.82, 2.24) is 19.8 Å². The average molecular weight is 435 g/mol. The molecule has 1 aliphatic rings. The fourth-order valence-corrected chi connectivity index (χ4v) is 4.40. The summed E-state index contributed by atoms with van der Waals surface area (Å²) in [5, 5.41) is 4.23. The van der Waals surface area contributed by atoms with Gasteiger partial charge in [0.25, 0.3) is 0 Å². The van der Waals surface area contributed by atoms with Gasteiger partial charge in [-0.2, -0.15) is 0 Å². The zero-order chi connectivity index (χ0) is 21.8. The fraction of sp³-hybridized carbons (Fsp3) is 0.292. The first-order valence-electron chi connectivity index (χ1n) is 10.5. The molecule has 0 amide bonds. The Kier molecular flexibility index (Phi) is 6.32. The van der Waals surface area contributed by atoms with Gasteiger partial charge in [-0.15, -0.1) is 0 Å². The van der Waals surface area contributed by atoms with Crippen LogP contribution in [0.15, 0.2) is 67.0 Å². The molecule has 160 valence electrons. The van der Waals surface area contributed by atoms with Crippen LogP contribution in [-0.4, -0.2) is 39.2 Å². The van der Waals surface area contributed by atoms with Gasteiger partial charge in [-0.05, 0) is 61.1 Å². The number of carbonyl (C=O) groups excluding carboxylic acids is 1. The van der Waals surface area contributed by atoms with Gasteiger partial charge in [-0.25, -0.2) is 4.79 Å². The predicted octanol–water partition coefficient (Wildman–Crippen LogP) is 4.43. The number of benzene rings is 1. The lowest BCUT2D eigenvalue weighted by atomic mass is 10.0. The van der Waals surface area contributed by atoms with Crippen molar-refractivity contribution in [3.05, 3.63) is 83.9 Å². The van der Waals surface area contributed by atoms with Crippen LogP contribution in [0.2, 0.25) is 0 Å². The van der Waals surface area contributed by atoms with E-state index in [1.807, 2.05) is 54.9 Å². The van der Waals surface area contributed by atoms with E-state index in [2.05, 4.69) is 32.8 Å². The van der Waals surface area contributed by atoms with Crippen molar-refractivity contribution in [2.45, 2.75) is 31.8 Å². The van der Waals surface area contributed by atoms with Gasteiger partial charge in [0.1, 0.15) is 0 Å². The number of thiocarbonyl (C=S) groups is 1. The van der Waals surface area contributed by atoms with Gasteiger partial charge in [0, 0.05) is 30.3 Å². The lowest BCUT2D eigenvalue weighted by Gasteiger charge is -2.29. The normalized spacial score (nSPS) is 18.1. The maximum atomic E-state index is 12.1. The first kappa shape index (κ1) is 21.1. The maximum Gasteiger partial charge on any atom is 0.337 e. The molecule has 31 heavy (non-hydrogen) atoms. The molecule has 0 saturated carbocycles. The van der Waals surface area contributed by atoms with Crippen LogP contribution in [0.4, 0.5) is 0 Å². The molecule has 0 bridgehead atoms. The number of ether oxygens (including phenoxy) is 1. The Labute approximate surface area is 187 Å². The largest absolute Gasteiger partial charge is 0.465 e. The Balaban J connectivity index is 1.78. The van der Waals surface area contributed by atoms with Crippen LogP contribution in [0.5, 0.6) is 0 Å².